The fraction of sp³-hybridized carbons (Fsp3) is 0.375. The highest BCUT2D eigenvalue weighted by molar-refractivity contribution is 5.90. The monoisotopic (exact) mass is 179 g/mol. The van der Waals surface area contributed by atoms with Crippen LogP contribution in [0.3, 0.4) is 0 Å². The van der Waals surface area contributed by atoms with Crippen LogP contribution in [0.25, 0.3) is 0 Å². The molecule has 5 nitrogen and oxygen atoms in total. The Morgan fingerprint density at radius 2 is 2.23 bits per heavy atom. The van der Waals surface area contributed by atoms with Crippen molar-refractivity contribution in [1.29, 1.82) is 0 Å². The number of Topliss-reactive ketones (excluding diaryl/α,β-unsaturated/α-hetero) is 1. The molecular weight excluding hydrogens is 170 g/mol. The highest BCUT2D eigenvalue weighted by Gasteiger charge is 2.19. The van der Waals surface area contributed by atoms with Crippen LogP contribution in [0.5, 0.6) is 0 Å². The van der Waals surface area contributed by atoms with Crippen molar-refractivity contribution in [2.75, 3.05) is 5.73 Å². The normalized spacial score (nSPS) is 14.2. The van der Waals surface area contributed by atoms with Crippen LogP contribution in [0.4, 0.5) is 5.82 Å². The van der Waals surface area contributed by atoms with Crippen LogP contribution in [0.15, 0.2) is 0 Å². The molecule has 2 heterocycles. The fourth-order valence-electron chi connectivity index (χ4n) is 1.23. The molecule has 68 valence electrons. The van der Waals surface area contributed by atoms with Crippen molar-refractivity contribution in [3.05, 3.63) is 17.1 Å². The van der Waals surface area contributed by atoms with Crippen molar-refractivity contribution in [2.45, 2.75) is 20.1 Å². The number of ketones is 1. The minimum Gasteiger partial charge on any atom is -0.383 e. The molecule has 0 aromatic carbocycles. The highest BCUT2D eigenvalue weighted by Crippen LogP contribution is 2.22. The second-order valence-electron chi connectivity index (χ2n) is 2.91. The molecule has 1 aromatic rings. The summed E-state index contributed by atoms with van der Waals surface area (Å²) >= 11 is 0. The number of aromatic nitrogens is 2. The largest absolute Gasteiger partial charge is 0.383 e. The van der Waals surface area contributed by atoms with E-state index < -0.39 is 0 Å². The minimum atomic E-state index is -0.179. The van der Waals surface area contributed by atoms with Crippen LogP contribution in [-0.4, -0.2) is 15.8 Å². The van der Waals surface area contributed by atoms with Crippen LogP contribution >= 0.6 is 0 Å². The summed E-state index contributed by atoms with van der Waals surface area (Å²) < 4.78 is 5.14. The molecule has 1 aliphatic heterocycles. The zero-order valence-corrected chi connectivity index (χ0v) is 7.20. The van der Waals surface area contributed by atoms with Crippen molar-refractivity contribution in [3.63, 3.8) is 0 Å². The molecule has 0 spiro atoms. The van der Waals surface area contributed by atoms with Gasteiger partial charge in [-0.05, 0) is 0 Å². The summed E-state index contributed by atoms with van der Waals surface area (Å²) in [5.74, 6) is 0.343. The Hall–Kier alpha value is -1.49. The van der Waals surface area contributed by atoms with Gasteiger partial charge in [-0.25, -0.2) is 9.97 Å². The van der Waals surface area contributed by atoms with Gasteiger partial charge < -0.3 is 10.5 Å². The number of fused-ring (bicyclic) bond motifs is 1. The third-order valence-corrected chi connectivity index (χ3v) is 1.92. The molecule has 0 atom stereocenters. The summed E-state index contributed by atoms with van der Waals surface area (Å²) in [7, 11) is 0. The maximum Gasteiger partial charge on any atom is 0.197 e. The van der Waals surface area contributed by atoms with Gasteiger partial charge in [-0.2, -0.15) is 0 Å². The third-order valence-electron chi connectivity index (χ3n) is 1.92. The van der Waals surface area contributed by atoms with Gasteiger partial charge in [-0.15, -0.1) is 0 Å². The molecule has 0 bridgehead atoms. The number of rotatable bonds is 1. The van der Waals surface area contributed by atoms with E-state index in [0.29, 0.717) is 19.0 Å². The zero-order chi connectivity index (χ0) is 9.42. The van der Waals surface area contributed by atoms with E-state index in [-0.39, 0.29) is 11.6 Å². The molecule has 5 heteroatoms. The lowest BCUT2D eigenvalue weighted by molar-refractivity contribution is 0.100. The average molecular weight is 179 g/mol. The zero-order valence-electron chi connectivity index (χ0n) is 7.20. The minimum absolute atomic E-state index is 0.168. The Balaban J connectivity index is 2.55. The molecule has 1 aliphatic rings. The summed E-state index contributed by atoms with van der Waals surface area (Å²) in [6, 6.07) is 0. The molecule has 0 amide bonds. The van der Waals surface area contributed by atoms with E-state index in [9.17, 15) is 4.79 Å². The number of ether oxygens (including phenoxy) is 1. The van der Waals surface area contributed by atoms with Gasteiger partial charge in [-0.3, -0.25) is 4.79 Å². The Labute approximate surface area is 74.9 Å². The van der Waals surface area contributed by atoms with E-state index in [0.717, 1.165) is 11.3 Å². The summed E-state index contributed by atoms with van der Waals surface area (Å²) in [6.07, 6.45) is 0. The third kappa shape index (κ3) is 1.27. The molecule has 0 unspecified atom stereocenters. The van der Waals surface area contributed by atoms with E-state index in [1.807, 2.05) is 0 Å². The Bertz CT molecular complexity index is 376. The van der Waals surface area contributed by atoms with Crippen LogP contribution in [0.2, 0.25) is 0 Å². The smallest absolute Gasteiger partial charge is 0.197 e. The standard InChI is InChI=1S/C8H9N3O2/c1-4(12)8-10-6-3-13-2-5(6)7(9)11-8/h2-3H2,1H3,(H2,9,10,11). The number of anilines is 1. The molecule has 0 saturated carbocycles. The van der Waals surface area contributed by atoms with E-state index in [1.165, 1.54) is 6.92 Å². The molecule has 1 aromatic heterocycles. The van der Waals surface area contributed by atoms with Crippen molar-refractivity contribution >= 4 is 11.6 Å². The Morgan fingerprint density at radius 1 is 1.46 bits per heavy atom. The van der Waals surface area contributed by atoms with Crippen LogP contribution in [0.1, 0.15) is 28.8 Å². The van der Waals surface area contributed by atoms with Gasteiger partial charge >= 0.3 is 0 Å². The maximum atomic E-state index is 11.0. The van der Waals surface area contributed by atoms with Crippen LogP contribution in [-0.2, 0) is 18.0 Å². The lowest BCUT2D eigenvalue weighted by atomic mass is 10.2. The summed E-state index contributed by atoms with van der Waals surface area (Å²) in [5.41, 5.74) is 7.17. The van der Waals surface area contributed by atoms with Crippen molar-refractivity contribution in [2.24, 2.45) is 0 Å². The molecule has 2 rings (SSSR count). The Morgan fingerprint density at radius 3 is 2.92 bits per heavy atom. The van der Waals surface area contributed by atoms with Gasteiger partial charge in [0.15, 0.2) is 11.6 Å². The molecule has 0 aliphatic carbocycles. The molecule has 2 N–H and O–H groups in total. The van der Waals surface area contributed by atoms with Gasteiger partial charge in [0.25, 0.3) is 0 Å². The first-order valence-corrected chi connectivity index (χ1v) is 3.92. The number of nitrogen functional groups attached to an aromatic ring is 1. The SMILES string of the molecule is CC(=O)c1nc(N)c2c(n1)COC2. The number of carbonyl (C=O) groups is 1. The molecule has 13 heavy (non-hydrogen) atoms. The van der Waals surface area contributed by atoms with Crippen molar-refractivity contribution in [1.82, 2.24) is 9.97 Å². The lowest BCUT2D eigenvalue weighted by Crippen LogP contribution is -2.08. The second-order valence-corrected chi connectivity index (χ2v) is 2.91. The van der Waals surface area contributed by atoms with Crippen molar-refractivity contribution in [3.8, 4) is 0 Å². The highest BCUT2D eigenvalue weighted by atomic mass is 16.5. The van der Waals surface area contributed by atoms with E-state index in [2.05, 4.69) is 9.97 Å². The predicted octanol–water partition coefficient (Wildman–Crippen LogP) is 0.292. The number of hydrogen-bond acceptors (Lipinski definition) is 5. The van der Waals surface area contributed by atoms with Gasteiger partial charge in [0.05, 0.1) is 18.9 Å². The van der Waals surface area contributed by atoms with E-state index >= 15 is 0 Å². The summed E-state index contributed by atoms with van der Waals surface area (Å²) in [4.78, 5) is 18.9. The number of carbonyl (C=O) groups excluding carboxylic acids is 1. The van der Waals surface area contributed by atoms with E-state index in [4.69, 9.17) is 10.5 Å². The van der Waals surface area contributed by atoms with Gasteiger partial charge in [-0.1, -0.05) is 0 Å². The first-order chi connectivity index (χ1) is 6.18. The predicted molar refractivity (Wildman–Crippen MR) is 44.9 cm³/mol. The Kier molecular flexibility index (Phi) is 1.73. The second kappa shape index (κ2) is 2.77. The van der Waals surface area contributed by atoms with E-state index in [1.54, 1.807) is 0 Å². The molecular formula is C8H9N3O2. The number of nitrogens with two attached hydrogens (primary N) is 1. The molecule has 0 saturated heterocycles. The van der Waals surface area contributed by atoms with Gasteiger partial charge in [0.2, 0.25) is 0 Å². The number of hydrogen-bond donors (Lipinski definition) is 1. The first kappa shape index (κ1) is 8.12. The lowest BCUT2D eigenvalue weighted by Gasteiger charge is -2.01. The molecule has 0 radical (unpaired) electrons. The van der Waals surface area contributed by atoms with Crippen molar-refractivity contribution < 1.29 is 9.53 Å². The van der Waals surface area contributed by atoms with Gasteiger partial charge in [0, 0.05) is 12.5 Å². The van der Waals surface area contributed by atoms with Crippen LogP contribution in [0, 0.1) is 0 Å². The quantitative estimate of drug-likeness (QED) is 0.627. The first-order valence-electron chi connectivity index (χ1n) is 3.92. The topological polar surface area (TPSA) is 78.1 Å². The average Bonchev–Trinajstić information content (AvgIpc) is 2.51. The van der Waals surface area contributed by atoms with Gasteiger partial charge in [0.1, 0.15) is 5.82 Å². The summed E-state index contributed by atoms with van der Waals surface area (Å²) in [5, 5.41) is 0. The number of nitrogens with zero attached hydrogens (tertiary/aromatic N) is 2. The fourth-order valence-corrected chi connectivity index (χ4v) is 1.23. The maximum absolute atomic E-state index is 11.0. The summed E-state index contributed by atoms with van der Waals surface area (Å²) in [6.45, 7) is 2.28. The molecule has 0 fully saturated rings. The van der Waals surface area contributed by atoms with Crippen LogP contribution < -0.4 is 5.73 Å².